The van der Waals surface area contributed by atoms with Crippen LogP contribution in [0.2, 0.25) is 10.0 Å². The van der Waals surface area contributed by atoms with Crippen molar-refractivity contribution in [1.82, 2.24) is 5.32 Å². The lowest BCUT2D eigenvalue weighted by Crippen LogP contribution is -2.26. The molecule has 0 radical (unpaired) electrons. The molecule has 0 unspecified atom stereocenters. The molecule has 2 aromatic carbocycles. The zero-order chi connectivity index (χ0) is 17.9. The van der Waals surface area contributed by atoms with Crippen molar-refractivity contribution in [1.29, 1.82) is 0 Å². The average molecular weight is 391 g/mol. The number of amides is 1. The van der Waals surface area contributed by atoms with Gasteiger partial charge in [0, 0.05) is 6.54 Å². The quantitative estimate of drug-likeness (QED) is 0.769. The number of hydrogen-bond acceptors (Lipinski definition) is 3. The van der Waals surface area contributed by atoms with Gasteiger partial charge in [-0.2, -0.15) is 0 Å². The second-order valence-electron chi connectivity index (χ2n) is 4.94. The number of primary sulfonamides is 1. The summed E-state index contributed by atoms with van der Waals surface area (Å²) in [4.78, 5) is 12.0. The number of sulfonamides is 1. The highest BCUT2D eigenvalue weighted by Gasteiger charge is 2.14. The lowest BCUT2D eigenvalue weighted by atomic mass is 10.1. The Morgan fingerprint density at radius 1 is 1.12 bits per heavy atom. The normalized spacial score (nSPS) is 11.3. The highest BCUT2D eigenvalue weighted by molar-refractivity contribution is 7.89. The second kappa shape index (κ2) is 7.48. The Balaban J connectivity index is 1.97. The van der Waals surface area contributed by atoms with Crippen LogP contribution in [0.1, 0.15) is 15.9 Å². The number of halogens is 3. The lowest BCUT2D eigenvalue weighted by molar-refractivity contribution is 0.0954. The molecule has 2 aromatic rings. The summed E-state index contributed by atoms with van der Waals surface area (Å²) in [6.45, 7) is 0.258. The Labute approximate surface area is 148 Å². The number of nitrogens with two attached hydrogens (primary N) is 1. The van der Waals surface area contributed by atoms with Gasteiger partial charge in [0.05, 0.1) is 20.5 Å². The maximum Gasteiger partial charge on any atom is 0.252 e. The molecule has 3 N–H and O–H groups in total. The first-order chi connectivity index (χ1) is 11.2. The molecule has 0 atom stereocenters. The fraction of sp³-hybridized carbons (Fsp3) is 0.133. The molecule has 5 nitrogen and oxygen atoms in total. The minimum Gasteiger partial charge on any atom is -0.352 e. The van der Waals surface area contributed by atoms with Gasteiger partial charge in [0.15, 0.2) is 0 Å². The fourth-order valence-electron chi connectivity index (χ4n) is 1.96. The summed E-state index contributed by atoms with van der Waals surface area (Å²) in [7, 11) is -3.73. The van der Waals surface area contributed by atoms with Crippen molar-refractivity contribution in [3.8, 4) is 0 Å². The number of carbonyl (C=O) groups is 1. The number of rotatable bonds is 5. The molecule has 0 saturated carbocycles. The van der Waals surface area contributed by atoms with Crippen LogP contribution < -0.4 is 10.5 Å². The number of nitrogens with one attached hydrogen (secondary N) is 1. The molecule has 128 valence electrons. The van der Waals surface area contributed by atoms with Crippen LogP contribution in [0.3, 0.4) is 0 Å². The molecule has 0 aromatic heterocycles. The van der Waals surface area contributed by atoms with Gasteiger partial charge in [0.1, 0.15) is 5.82 Å². The Kier molecular flexibility index (Phi) is 5.82. The molecule has 0 spiro atoms. The third-order valence-electron chi connectivity index (χ3n) is 3.21. The zero-order valence-electron chi connectivity index (χ0n) is 12.2. The van der Waals surface area contributed by atoms with E-state index in [0.717, 1.165) is 11.6 Å². The SMILES string of the molecule is NS(=O)(=O)c1ccc(CCNC(=O)c2cc(F)c(Cl)cc2Cl)cc1. The van der Waals surface area contributed by atoms with Crippen LogP contribution in [0.15, 0.2) is 41.3 Å². The van der Waals surface area contributed by atoms with Crippen molar-refractivity contribution >= 4 is 39.1 Å². The molecule has 0 fully saturated rings. The van der Waals surface area contributed by atoms with E-state index in [1.165, 1.54) is 18.2 Å². The first kappa shape index (κ1) is 18.7. The first-order valence-electron chi connectivity index (χ1n) is 6.73. The molecule has 0 saturated heterocycles. The number of benzene rings is 2. The maximum atomic E-state index is 13.4. The highest BCUT2D eigenvalue weighted by Crippen LogP contribution is 2.24. The molecule has 1 amide bonds. The van der Waals surface area contributed by atoms with E-state index in [0.29, 0.717) is 6.42 Å². The van der Waals surface area contributed by atoms with Gasteiger partial charge in [0.2, 0.25) is 10.0 Å². The van der Waals surface area contributed by atoms with Crippen LogP contribution in [0.4, 0.5) is 4.39 Å². The second-order valence-corrected chi connectivity index (χ2v) is 7.32. The Morgan fingerprint density at radius 3 is 2.33 bits per heavy atom. The summed E-state index contributed by atoms with van der Waals surface area (Å²) in [6.07, 6.45) is 0.449. The molecule has 9 heteroatoms. The van der Waals surface area contributed by atoms with Crippen LogP contribution >= 0.6 is 23.2 Å². The molecule has 0 bridgehead atoms. The third kappa shape index (κ3) is 4.67. The predicted octanol–water partition coefficient (Wildman–Crippen LogP) is 2.75. The van der Waals surface area contributed by atoms with Gasteiger partial charge >= 0.3 is 0 Å². The molecule has 0 aliphatic carbocycles. The van der Waals surface area contributed by atoms with Gasteiger partial charge in [0.25, 0.3) is 5.91 Å². The minimum atomic E-state index is -3.73. The van der Waals surface area contributed by atoms with Crippen molar-refractivity contribution < 1.29 is 17.6 Å². The van der Waals surface area contributed by atoms with Crippen molar-refractivity contribution in [2.24, 2.45) is 5.14 Å². The molecular formula is C15H13Cl2FN2O3S. The van der Waals surface area contributed by atoms with E-state index >= 15 is 0 Å². The zero-order valence-corrected chi connectivity index (χ0v) is 14.6. The molecule has 0 aliphatic heterocycles. The monoisotopic (exact) mass is 390 g/mol. The summed E-state index contributed by atoms with van der Waals surface area (Å²) < 4.78 is 35.7. The van der Waals surface area contributed by atoms with E-state index < -0.39 is 21.7 Å². The molecule has 2 rings (SSSR count). The largest absolute Gasteiger partial charge is 0.352 e. The summed E-state index contributed by atoms with van der Waals surface area (Å²) in [5.74, 6) is -1.26. The molecule has 24 heavy (non-hydrogen) atoms. The summed E-state index contributed by atoms with van der Waals surface area (Å²) >= 11 is 11.4. The van der Waals surface area contributed by atoms with Crippen LogP contribution in [0.5, 0.6) is 0 Å². The van der Waals surface area contributed by atoms with E-state index in [1.807, 2.05) is 0 Å². The fourth-order valence-corrected chi connectivity index (χ4v) is 2.94. The van der Waals surface area contributed by atoms with Gasteiger partial charge < -0.3 is 5.32 Å². The summed E-state index contributed by atoms with van der Waals surface area (Å²) in [6, 6.07) is 8.11. The van der Waals surface area contributed by atoms with E-state index in [4.69, 9.17) is 28.3 Å². The average Bonchev–Trinajstić information content (AvgIpc) is 2.50. The standard InChI is InChI=1S/C15H13Cl2FN2O3S/c16-12-8-13(17)14(18)7-11(12)15(21)20-6-5-9-1-3-10(4-2-9)24(19,22)23/h1-4,7-8H,5-6H2,(H,20,21)(H2,19,22,23). The topological polar surface area (TPSA) is 89.3 Å². The van der Waals surface area contributed by atoms with Gasteiger partial charge in [-0.25, -0.2) is 17.9 Å². The van der Waals surface area contributed by atoms with E-state index in [2.05, 4.69) is 5.32 Å². The van der Waals surface area contributed by atoms with Gasteiger partial charge in [-0.1, -0.05) is 35.3 Å². The van der Waals surface area contributed by atoms with Crippen LogP contribution in [0.25, 0.3) is 0 Å². The van der Waals surface area contributed by atoms with E-state index in [9.17, 15) is 17.6 Å². The first-order valence-corrected chi connectivity index (χ1v) is 9.03. The molecule has 0 aliphatic rings. The highest BCUT2D eigenvalue weighted by atomic mass is 35.5. The Morgan fingerprint density at radius 2 is 1.75 bits per heavy atom. The Bertz CT molecular complexity index is 871. The molecular weight excluding hydrogens is 378 g/mol. The number of hydrogen-bond donors (Lipinski definition) is 2. The van der Waals surface area contributed by atoms with Gasteiger partial charge in [-0.05, 0) is 36.2 Å². The Hall–Kier alpha value is -1.67. The smallest absolute Gasteiger partial charge is 0.252 e. The van der Waals surface area contributed by atoms with Crippen molar-refractivity contribution in [2.45, 2.75) is 11.3 Å². The number of carbonyl (C=O) groups excluding carboxylic acids is 1. The van der Waals surface area contributed by atoms with Crippen LogP contribution in [-0.2, 0) is 16.4 Å². The summed E-state index contributed by atoms with van der Waals surface area (Å²) in [5.41, 5.74) is 0.791. The van der Waals surface area contributed by atoms with Gasteiger partial charge in [-0.3, -0.25) is 4.79 Å². The van der Waals surface area contributed by atoms with E-state index in [-0.39, 0.29) is 27.0 Å². The maximum absolute atomic E-state index is 13.4. The van der Waals surface area contributed by atoms with Crippen LogP contribution in [0, 0.1) is 5.82 Å². The summed E-state index contributed by atoms with van der Waals surface area (Å²) in [5, 5.41) is 7.51. The van der Waals surface area contributed by atoms with Crippen molar-refractivity contribution in [2.75, 3.05) is 6.54 Å². The van der Waals surface area contributed by atoms with E-state index in [1.54, 1.807) is 12.1 Å². The molecule has 0 heterocycles. The van der Waals surface area contributed by atoms with Crippen molar-refractivity contribution in [3.63, 3.8) is 0 Å². The lowest BCUT2D eigenvalue weighted by Gasteiger charge is -2.08. The van der Waals surface area contributed by atoms with Crippen LogP contribution in [-0.4, -0.2) is 20.9 Å². The minimum absolute atomic E-state index is 0.0110. The third-order valence-corrected chi connectivity index (χ3v) is 4.74. The predicted molar refractivity (Wildman–Crippen MR) is 90.3 cm³/mol. The van der Waals surface area contributed by atoms with Gasteiger partial charge in [-0.15, -0.1) is 0 Å². The van der Waals surface area contributed by atoms with Crippen molar-refractivity contribution in [3.05, 3.63) is 63.4 Å².